The molecule has 1 aromatic carbocycles. The summed E-state index contributed by atoms with van der Waals surface area (Å²) in [5.74, 6) is 0.503. The molecule has 158 valence electrons. The summed E-state index contributed by atoms with van der Waals surface area (Å²) in [4.78, 5) is 13.7. The monoisotopic (exact) mass is 407 g/mol. The number of hydrogen-bond donors (Lipinski definition) is 0. The second-order valence-corrected chi connectivity index (χ2v) is 8.54. The maximum absolute atomic E-state index is 14.9. The van der Waals surface area contributed by atoms with Crippen LogP contribution in [0.2, 0.25) is 0 Å². The fraction of sp³-hybridized carbons (Fsp3) is 0.417. The minimum Gasteiger partial charge on any atom is -0.368 e. The topological polar surface area (TPSA) is 37.2 Å². The number of fused-ring (bicyclic) bond motifs is 1. The highest BCUT2D eigenvalue weighted by Crippen LogP contribution is 2.32. The quantitative estimate of drug-likeness (QED) is 0.634. The summed E-state index contributed by atoms with van der Waals surface area (Å²) in [5, 5.41) is 0. The van der Waals surface area contributed by atoms with Gasteiger partial charge in [0.15, 0.2) is 5.82 Å². The number of rotatable bonds is 4. The van der Waals surface area contributed by atoms with Crippen molar-refractivity contribution < 1.29 is 4.39 Å². The number of pyridine rings is 1. The van der Waals surface area contributed by atoms with Gasteiger partial charge < -0.3 is 14.4 Å². The molecular formula is C24H30FN5. The summed E-state index contributed by atoms with van der Waals surface area (Å²) in [6.45, 7) is 16.4. The molecule has 0 unspecified atom stereocenters. The fourth-order valence-corrected chi connectivity index (χ4v) is 4.32. The number of nitrogens with zero attached hydrogens (tertiary/aromatic N) is 5. The Morgan fingerprint density at radius 1 is 1.10 bits per heavy atom. The minimum atomic E-state index is -0.313. The predicted molar refractivity (Wildman–Crippen MR) is 122 cm³/mol. The third-order valence-corrected chi connectivity index (χ3v) is 6.06. The zero-order chi connectivity index (χ0) is 21.6. The Balaban J connectivity index is 1.75. The molecule has 1 aliphatic rings. The summed E-state index contributed by atoms with van der Waals surface area (Å²) < 4.78 is 17.0. The normalized spacial score (nSPS) is 15.4. The van der Waals surface area contributed by atoms with Crippen LogP contribution in [0.25, 0.3) is 16.6 Å². The zero-order valence-corrected chi connectivity index (χ0v) is 18.5. The van der Waals surface area contributed by atoms with Crippen molar-refractivity contribution in [2.45, 2.75) is 33.7 Å². The molecule has 0 atom stereocenters. The van der Waals surface area contributed by atoms with E-state index in [1.54, 1.807) is 6.07 Å². The lowest BCUT2D eigenvalue weighted by atomic mass is 9.97. The number of halogens is 1. The van der Waals surface area contributed by atoms with E-state index in [4.69, 9.17) is 0 Å². The molecule has 1 aliphatic heterocycles. The average molecular weight is 408 g/mol. The maximum atomic E-state index is 14.9. The fourth-order valence-electron chi connectivity index (χ4n) is 4.32. The number of piperazine rings is 1. The summed E-state index contributed by atoms with van der Waals surface area (Å²) >= 11 is 0. The third kappa shape index (κ3) is 3.60. The minimum absolute atomic E-state index is 0.196. The Labute approximate surface area is 177 Å². The summed E-state index contributed by atoms with van der Waals surface area (Å²) in [6.07, 6.45) is 1.93. The number of imidazole rings is 1. The first-order valence-electron chi connectivity index (χ1n) is 10.5. The molecule has 6 heteroatoms. The molecular weight excluding hydrogens is 377 g/mol. The molecule has 0 spiro atoms. The molecule has 2 aromatic heterocycles. The molecule has 0 saturated carbocycles. The van der Waals surface area contributed by atoms with Crippen molar-refractivity contribution in [1.82, 2.24) is 19.4 Å². The summed E-state index contributed by atoms with van der Waals surface area (Å²) in [5.41, 5.74) is 5.71. The molecule has 3 aromatic rings. The van der Waals surface area contributed by atoms with Crippen molar-refractivity contribution in [2.24, 2.45) is 0 Å². The number of hydrogen-bond acceptors (Lipinski definition) is 4. The Morgan fingerprint density at radius 2 is 1.80 bits per heavy atom. The van der Waals surface area contributed by atoms with Gasteiger partial charge in [-0.25, -0.2) is 9.37 Å². The van der Waals surface area contributed by atoms with Gasteiger partial charge in [-0.05, 0) is 64.1 Å². The van der Waals surface area contributed by atoms with Crippen molar-refractivity contribution in [3.63, 3.8) is 0 Å². The van der Waals surface area contributed by atoms with E-state index in [0.717, 1.165) is 65.6 Å². The number of anilines is 1. The zero-order valence-electron chi connectivity index (χ0n) is 18.5. The van der Waals surface area contributed by atoms with Gasteiger partial charge in [0.25, 0.3) is 0 Å². The molecule has 1 saturated heterocycles. The highest BCUT2D eigenvalue weighted by molar-refractivity contribution is 5.87. The van der Waals surface area contributed by atoms with Crippen LogP contribution in [-0.4, -0.2) is 52.7 Å². The van der Waals surface area contributed by atoms with Crippen molar-refractivity contribution in [1.29, 1.82) is 0 Å². The molecule has 30 heavy (non-hydrogen) atoms. The molecule has 0 radical (unpaired) electrons. The largest absolute Gasteiger partial charge is 0.368 e. The van der Waals surface area contributed by atoms with Crippen LogP contribution in [-0.2, 0) is 0 Å². The lowest BCUT2D eigenvalue weighted by Gasteiger charge is -2.34. The lowest BCUT2D eigenvalue weighted by molar-refractivity contribution is 0.313. The van der Waals surface area contributed by atoms with Gasteiger partial charge in [0, 0.05) is 43.5 Å². The molecule has 0 amide bonds. The van der Waals surface area contributed by atoms with Gasteiger partial charge in [-0.2, -0.15) is 0 Å². The van der Waals surface area contributed by atoms with Gasteiger partial charge in [0.2, 0.25) is 0 Å². The number of benzene rings is 1. The van der Waals surface area contributed by atoms with Gasteiger partial charge in [-0.15, -0.1) is 0 Å². The molecule has 1 fully saturated rings. The van der Waals surface area contributed by atoms with E-state index < -0.39 is 0 Å². The highest BCUT2D eigenvalue weighted by atomic mass is 19.1. The number of aromatic nitrogens is 3. The number of likely N-dealkylation sites (N-methyl/N-ethyl adjacent to an activating group) is 1. The maximum Gasteiger partial charge on any atom is 0.151 e. The van der Waals surface area contributed by atoms with E-state index in [0.29, 0.717) is 5.52 Å². The van der Waals surface area contributed by atoms with Crippen LogP contribution in [0, 0.1) is 19.7 Å². The van der Waals surface area contributed by atoms with Crippen molar-refractivity contribution in [3.05, 3.63) is 59.4 Å². The molecule has 0 bridgehead atoms. The second-order valence-electron chi connectivity index (χ2n) is 8.54. The van der Waals surface area contributed by atoms with Crippen LogP contribution in [0.3, 0.4) is 0 Å². The van der Waals surface area contributed by atoms with Crippen molar-refractivity contribution in [2.75, 3.05) is 38.1 Å². The van der Waals surface area contributed by atoms with Gasteiger partial charge in [-0.1, -0.05) is 6.58 Å². The molecule has 0 aliphatic carbocycles. The van der Waals surface area contributed by atoms with Crippen LogP contribution < -0.4 is 4.90 Å². The third-order valence-electron chi connectivity index (χ3n) is 6.06. The molecule has 4 rings (SSSR count). The van der Waals surface area contributed by atoms with E-state index >= 15 is 0 Å². The van der Waals surface area contributed by atoms with Gasteiger partial charge in [0.1, 0.15) is 11.3 Å². The van der Waals surface area contributed by atoms with Crippen LogP contribution in [0.15, 0.2) is 31.0 Å². The first-order chi connectivity index (χ1) is 14.3. The highest BCUT2D eigenvalue weighted by Gasteiger charge is 2.19. The first kappa shape index (κ1) is 20.5. The molecule has 5 nitrogen and oxygen atoms in total. The molecule has 3 heterocycles. The number of aryl methyl sites for hydroxylation is 2. The van der Waals surface area contributed by atoms with Gasteiger partial charge in [-0.3, -0.25) is 4.98 Å². The smallest absolute Gasteiger partial charge is 0.151 e. The van der Waals surface area contributed by atoms with Crippen LogP contribution in [0.1, 0.15) is 42.5 Å². The van der Waals surface area contributed by atoms with Crippen LogP contribution in [0.5, 0.6) is 0 Å². The van der Waals surface area contributed by atoms with Gasteiger partial charge >= 0.3 is 0 Å². The Hall–Kier alpha value is -2.73. The standard InChI is InChI=1S/C24H30FN5/c1-15(2)30-18(5)27-24-22(25)11-19(12-23(24)30)16(3)21-13-20(14-26-17(21)4)29-9-7-28(6)8-10-29/h11-15H,3,7-10H2,1-2,4-6H3. The lowest BCUT2D eigenvalue weighted by Crippen LogP contribution is -2.44. The van der Waals surface area contributed by atoms with E-state index in [1.807, 2.05) is 26.1 Å². The first-order valence-corrected chi connectivity index (χ1v) is 10.5. The van der Waals surface area contributed by atoms with E-state index in [2.05, 4.69) is 57.9 Å². The molecule has 0 N–H and O–H groups in total. The SMILES string of the molecule is C=C(c1cc(F)c2nc(C)n(C(C)C)c2c1)c1cc(N2CCN(C)CC2)cnc1C. The Kier molecular flexibility index (Phi) is 5.36. The Bertz CT molecular complexity index is 1110. The predicted octanol–water partition coefficient (Wildman–Crippen LogP) is 4.58. The van der Waals surface area contributed by atoms with Crippen LogP contribution >= 0.6 is 0 Å². The summed E-state index contributed by atoms with van der Waals surface area (Å²) in [7, 11) is 2.15. The van der Waals surface area contributed by atoms with E-state index in [9.17, 15) is 4.39 Å². The van der Waals surface area contributed by atoms with E-state index in [-0.39, 0.29) is 11.9 Å². The van der Waals surface area contributed by atoms with Gasteiger partial charge in [0.05, 0.1) is 17.4 Å². The average Bonchev–Trinajstić information content (AvgIpc) is 3.05. The van der Waals surface area contributed by atoms with Crippen molar-refractivity contribution in [3.8, 4) is 0 Å². The van der Waals surface area contributed by atoms with Crippen molar-refractivity contribution >= 4 is 22.3 Å². The Morgan fingerprint density at radius 3 is 2.47 bits per heavy atom. The van der Waals surface area contributed by atoms with Crippen LogP contribution in [0.4, 0.5) is 10.1 Å². The van der Waals surface area contributed by atoms with E-state index in [1.165, 1.54) is 0 Å². The second kappa shape index (κ2) is 7.84. The summed E-state index contributed by atoms with van der Waals surface area (Å²) in [6, 6.07) is 5.89.